The maximum atomic E-state index is 12.0. The highest BCUT2D eigenvalue weighted by atomic mass is 16.5. The number of benzene rings is 1. The highest BCUT2D eigenvalue weighted by Crippen LogP contribution is 2.07. The number of nitrogens with zero attached hydrogens (tertiary/aromatic N) is 1. The Morgan fingerprint density at radius 2 is 2.00 bits per heavy atom. The van der Waals surface area contributed by atoms with Crippen LogP contribution in [0.3, 0.4) is 0 Å². The molecule has 6 heteroatoms. The van der Waals surface area contributed by atoms with Crippen LogP contribution in [0.15, 0.2) is 36.4 Å². The number of hydrogen-bond donors (Lipinski definition) is 1. The molecule has 0 aliphatic carbocycles. The molecule has 20 heavy (non-hydrogen) atoms. The highest BCUT2D eigenvalue weighted by Gasteiger charge is 2.31. The number of hydrogen-bond acceptors (Lipinski definition) is 5. The number of aldehydes is 1. The largest absolute Gasteiger partial charge is 0.343 e. The van der Waals surface area contributed by atoms with Crippen LogP contribution >= 0.6 is 0 Å². The van der Waals surface area contributed by atoms with E-state index in [0.29, 0.717) is 13.2 Å². The molecular weight excluding hydrogens is 260 g/mol. The van der Waals surface area contributed by atoms with Crippen LogP contribution in [0.4, 0.5) is 0 Å². The Morgan fingerprint density at radius 1 is 1.25 bits per heavy atom. The number of carbonyl (C=O) groups excluding carboxylic acids is 3. The number of carbonyl (C=O) groups is 3. The molecular formula is C14H14N2O4. The van der Waals surface area contributed by atoms with Gasteiger partial charge in [-0.15, -0.1) is 0 Å². The molecule has 1 saturated heterocycles. The van der Waals surface area contributed by atoms with Crippen molar-refractivity contribution in [3.8, 4) is 0 Å². The molecule has 1 atom stereocenters. The Balaban J connectivity index is 2.12. The molecule has 1 unspecified atom stereocenters. The second-order valence-electron chi connectivity index (χ2n) is 4.09. The van der Waals surface area contributed by atoms with Gasteiger partial charge in [-0.05, 0) is 11.6 Å². The van der Waals surface area contributed by atoms with E-state index in [1.54, 1.807) is 6.08 Å². The quantitative estimate of drug-likeness (QED) is 0.481. The minimum Gasteiger partial charge on any atom is -0.343 e. The summed E-state index contributed by atoms with van der Waals surface area (Å²) in [4.78, 5) is 35.0. The molecule has 0 aromatic heterocycles. The molecule has 104 valence electrons. The number of nitrogens with one attached hydrogen (secondary N) is 1. The maximum Gasteiger partial charge on any atom is 0.296 e. The topological polar surface area (TPSA) is 75.7 Å². The normalized spacial score (nSPS) is 18.1. The third-order valence-electron chi connectivity index (χ3n) is 2.72. The molecule has 0 bridgehead atoms. The summed E-state index contributed by atoms with van der Waals surface area (Å²) in [5.74, 6) is -1.54. The molecule has 2 amide bonds. The third-order valence-corrected chi connectivity index (χ3v) is 2.72. The minimum atomic E-state index is -0.938. The van der Waals surface area contributed by atoms with Crippen molar-refractivity contribution in [2.45, 2.75) is 6.35 Å². The first-order valence-corrected chi connectivity index (χ1v) is 6.13. The number of rotatable bonds is 4. The summed E-state index contributed by atoms with van der Waals surface area (Å²) >= 11 is 0. The van der Waals surface area contributed by atoms with Gasteiger partial charge in [0.25, 0.3) is 11.8 Å². The number of ether oxygens (including phenoxy) is 1. The van der Waals surface area contributed by atoms with Crippen molar-refractivity contribution in [3.05, 3.63) is 42.0 Å². The predicted molar refractivity (Wildman–Crippen MR) is 71.1 cm³/mol. The smallest absolute Gasteiger partial charge is 0.296 e. The Hall–Kier alpha value is -2.31. The Labute approximate surface area is 116 Å². The Morgan fingerprint density at radius 3 is 2.60 bits per heavy atom. The van der Waals surface area contributed by atoms with Gasteiger partial charge >= 0.3 is 0 Å². The van der Waals surface area contributed by atoms with E-state index in [9.17, 15) is 14.4 Å². The van der Waals surface area contributed by atoms with E-state index in [4.69, 9.17) is 4.74 Å². The summed E-state index contributed by atoms with van der Waals surface area (Å²) in [5, 5.41) is 2.82. The summed E-state index contributed by atoms with van der Waals surface area (Å²) in [5.41, 5.74) is 0.819. The fourth-order valence-electron chi connectivity index (χ4n) is 1.79. The molecule has 0 saturated carbocycles. The zero-order valence-corrected chi connectivity index (χ0v) is 10.7. The molecule has 1 N–H and O–H groups in total. The van der Waals surface area contributed by atoms with Crippen molar-refractivity contribution >= 4 is 24.2 Å². The van der Waals surface area contributed by atoms with Gasteiger partial charge in [0, 0.05) is 12.6 Å². The van der Waals surface area contributed by atoms with Gasteiger partial charge in [0.1, 0.15) is 0 Å². The van der Waals surface area contributed by atoms with Crippen molar-refractivity contribution < 1.29 is 19.1 Å². The van der Waals surface area contributed by atoms with E-state index in [0.717, 1.165) is 10.5 Å². The fourth-order valence-corrected chi connectivity index (χ4v) is 1.79. The van der Waals surface area contributed by atoms with Crippen molar-refractivity contribution in [3.63, 3.8) is 0 Å². The van der Waals surface area contributed by atoms with Crippen molar-refractivity contribution in [2.75, 3.05) is 13.2 Å². The zero-order chi connectivity index (χ0) is 14.4. The average molecular weight is 274 g/mol. The molecule has 1 aromatic carbocycles. The summed E-state index contributed by atoms with van der Waals surface area (Å²) in [6.07, 6.45) is 2.01. The number of imide groups is 1. The van der Waals surface area contributed by atoms with Crippen molar-refractivity contribution in [1.29, 1.82) is 0 Å². The lowest BCUT2D eigenvalue weighted by molar-refractivity contribution is -0.157. The van der Waals surface area contributed by atoms with Gasteiger partial charge < -0.3 is 4.74 Å². The summed E-state index contributed by atoms with van der Waals surface area (Å²) < 4.78 is 5.19. The second kappa shape index (κ2) is 6.74. The van der Waals surface area contributed by atoms with E-state index >= 15 is 0 Å². The molecule has 1 aliphatic rings. The third kappa shape index (κ3) is 3.37. The molecule has 1 heterocycles. The van der Waals surface area contributed by atoms with E-state index in [1.807, 2.05) is 30.3 Å². The predicted octanol–water partition coefficient (Wildman–Crippen LogP) is 0.157. The van der Waals surface area contributed by atoms with Gasteiger partial charge in [0.2, 0.25) is 6.29 Å². The molecule has 1 aromatic rings. The van der Waals surface area contributed by atoms with Crippen molar-refractivity contribution in [1.82, 2.24) is 10.2 Å². The zero-order valence-electron chi connectivity index (χ0n) is 10.7. The first kappa shape index (κ1) is 14.1. The van der Waals surface area contributed by atoms with Crippen LogP contribution in [0.5, 0.6) is 0 Å². The molecule has 1 aliphatic heterocycles. The molecule has 2 rings (SSSR count). The van der Waals surface area contributed by atoms with Gasteiger partial charge in [0.05, 0.1) is 6.61 Å². The Kier molecular flexibility index (Phi) is 4.75. The monoisotopic (exact) mass is 274 g/mol. The molecule has 6 nitrogen and oxygen atoms in total. The van der Waals surface area contributed by atoms with Gasteiger partial charge in [-0.25, -0.2) is 4.90 Å². The van der Waals surface area contributed by atoms with Crippen LogP contribution in [0.1, 0.15) is 5.56 Å². The van der Waals surface area contributed by atoms with Crippen LogP contribution in [-0.4, -0.2) is 42.5 Å². The van der Waals surface area contributed by atoms with E-state index in [-0.39, 0.29) is 6.29 Å². The van der Waals surface area contributed by atoms with Crippen LogP contribution < -0.4 is 5.32 Å². The summed E-state index contributed by atoms with van der Waals surface area (Å²) in [6.45, 7) is 0.895. The summed E-state index contributed by atoms with van der Waals surface area (Å²) in [7, 11) is 0. The van der Waals surface area contributed by atoms with E-state index in [2.05, 4.69) is 5.32 Å². The SMILES string of the molecule is O=CC(=O)N(C(=O)C=Cc1ccccc1)C1NCCO1. The van der Waals surface area contributed by atoms with Crippen LogP contribution in [-0.2, 0) is 19.1 Å². The van der Waals surface area contributed by atoms with Gasteiger partial charge in [0.15, 0.2) is 6.35 Å². The fraction of sp³-hybridized carbons (Fsp3) is 0.214. The van der Waals surface area contributed by atoms with Crippen LogP contribution in [0.25, 0.3) is 6.08 Å². The first-order chi connectivity index (χ1) is 9.72. The second-order valence-corrected chi connectivity index (χ2v) is 4.09. The maximum absolute atomic E-state index is 12.0. The molecule has 0 radical (unpaired) electrons. The molecule has 1 fully saturated rings. The van der Waals surface area contributed by atoms with Gasteiger partial charge in [-0.1, -0.05) is 30.3 Å². The lowest BCUT2D eigenvalue weighted by atomic mass is 10.2. The highest BCUT2D eigenvalue weighted by molar-refractivity contribution is 6.28. The van der Waals surface area contributed by atoms with E-state index in [1.165, 1.54) is 6.08 Å². The molecule has 0 spiro atoms. The lowest BCUT2D eigenvalue weighted by Gasteiger charge is -2.22. The van der Waals surface area contributed by atoms with Gasteiger partial charge in [-0.2, -0.15) is 0 Å². The van der Waals surface area contributed by atoms with Gasteiger partial charge in [-0.3, -0.25) is 19.7 Å². The number of amides is 2. The lowest BCUT2D eigenvalue weighted by Crippen LogP contribution is -2.49. The first-order valence-electron chi connectivity index (χ1n) is 6.13. The average Bonchev–Trinajstić information content (AvgIpc) is 3.00. The summed E-state index contributed by atoms with van der Waals surface area (Å²) in [6, 6.07) is 9.16. The standard InChI is InChI=1S/C14H14N2O4/c17-10-13(19)16(14-15-8-9-20-14)12(18)7-6-11-4-2-1-3-5-11/h1-7,10,14-15H,8-9H2. The van der Waals surface area contributed by atoms with E-state index < -0.39 is 18.2 Å². The van der Waals surface area contributed by atoms with Crippen LogP contribution in [0, 0.1) is 0 Å². The van der Waals surface area contributed by atoms with Crippen molar-refractivity contribution in [2.24, 2.45) is 0 Å². The minimum absolute atomic E-state index is 0.0949. The van der Waals surface area contributed by atoms with Crippen LogP contribution in [0.2, 0.25) is 0 Å². The Bertz CT molecular complexity index is 521.